The van der Waals surface area contributed by atoms with Crippen molar-refractivity contribution in [2.75, 3.05) is 25.1 Å². The van der Waals surface area contributed by atoms with E-state index in [0.29, 0.717) is 31.7 Å². The maximum Gasteiger partial charge on any atom is 0.206 e. The summed E-state index contributed by atoms with van der Waals surface area (Å²) in [6, 6.07) is 8.76. The summed E-state index contributed by atoms with van der Waals surface area (Å²) < 4.78 is 21.3. The fraction of sp³-hybridized carbons (Fsp3) is 0.350. The highest BCUT2D eigenvalue weighted by Gasteiger charge is 2.29. The van der Waals surface area contributed by atoms with Crippen LogP contribution in [-0.2, 0) is 6.54 Å². The van der Waals surface area contributed by atoms with E-state index in [4.69, 9.17) is 22.0 Å². The Morgan fingerprint density at radius 2 is 2.21 bits per heavy atom. The van der Waals surface area contributed by atoms with Gasteiger partial charge in [0.1, 0.15) is 11.9 Å². The van der Waals surface area contributed by atoms with Crippen LogP contribution in [0, 0.1) is 6.57 Å². The first-order chi connectivity index (χ1) is 13.6. The molecule has 3 aromatic rings. The third-order valence-corrected chi connectivity index (χ3v) is 5.05. The molecule has 144 valence electrons. The minimum Gasteiger partial charge on any atom is -0.497 e. The normalized spacial score (nSPS) is 19.6. The Balaban J connectivity index is 1.77. The number of hydrogen-bond acceptors (Lipinski definition) is 5. The SMILES string of the molecule is [C-]#[N+]c1ccc(Cn2c(N3CC[C@H](F)[C@H](N)C3)nc3ccc(OC)cc32)nc1. The van der Waals surface area contributed by atoms with Crippen LogP contribution in [0.4, 0.5) is 16.0 Å². The molecule has 0 radical (unpaired) electrons. The molecule has 0 saturated carbocycles. The van der Waals surface area contributed by atoms with Gasteiger partial charge in [-0.2, -0.15) is 0 Å². The number of fused-ring (bicyclic) bond motifs is 1. The van der Waals surface area contributed by atoms with Crippen LogP contribution in [0.1, 0.15) is 12.1 Å². The molecule has 1 aliphatic rings. The molecule has 0 unspecified atom stereocenters. The van der Waals surface area contributed by atoms with E-state index in [1.54, 1.807) is 19.4 Å². The first kappa shape index (κ1) is 18.2. The molecule has 2 aromatic heterocycles. The van der Waals surface area contributed by atoms with E-state index < -0.39 is 12.2 Å². The zero-order valence-corrected chi connectivity index (χ0v) is 15.5. The van der Waals surface area contributed by atoms with Crippen LogP contribution >= 0.6 is 0 Å². The van der Waals surface area contributed by atoms with Crippen LogP contribution in [-0.4, -0.2) is 46.9 Å². The summed E-state index contributed by atoms with van der Waals surface area (Å²) in [7, 11) is 1.62. The molecular weight excluding hydrogens is 359 g/mol. The van der Waals surface area contributed by atoms with Gasteiger partial charge in [-0.25, -0.2) is 14.2 Å². The highest BCUT2D eigenvalue weighted by atomic mass is 19.1. The number of rotatable bonds is 4. The van der Waals surface area contributed by atoms with Gasteiger partial charge in [0.2, 0.25) is 11.6 Å². The molecule has 1 saturated heterocycles. The second kappa shape index (κ2) is 7.44. The Bertz CT molecular complexity index is 1030. The second-order valence-electron chi connectivity index (χ2n) is 6.89. The average Bonchev–Trinajstić information content (AvgIpc) is 3.08. The van der Waals surface area contributed by atoms with E-state index in [0.717, 1.165) is 28.4 Å². The van der Waals surface area contributed by atoms with E-state index in [1.807, 2.05) is 33.7 Å². The third-order valence-electron chi connectivity index (χ3n) is 5.05. The van der Waals surface area contributed by atoms with Gasteiger partial charge in [-0.3, -0.25) is 4.98 Å². The standard InChI is InChI=1S/C20H21FN6O/c1-23-13-3-4-14(24-10-13)11-27-19-9-15(28-2)5-6-18(19)25-20(27)26-8-7-16(21)17(22)12-26/h3-6,9-10,16-17H,7-8,11-12,22H2,2H3/t16-,17+/m0/s1. The van der Waals surface area contributed by atoms with Crippen LogP contribution in [0.5, 0.6) is 5.75 Å². The fourth-order valence-electron chi connectivity index (χ4n) is 3.49. The largest absolute Gasteiger partial charge is 0.497 e. The number of aromatic nitrogens is 3. The molecule has 0 spiro atoms. The van der Waals surface area contributed by atoms with Crippen LogP contribution in [0.25, 0.3) is 15.9 Å². The summed E-state index contributed by atoms with van der Waals surface area (Å²) in [5.74, 6) is 1.47. The van der Waals surface area contributed by atoms with E-state index in [9.17, 15) is 4.39 Å². The van der Waals surface area contributed by atoms with Crippen LogP contribution < -0.4 is 15.4 Å². The number of nitrogens with zero attached hydrogens (tertiary/aromatic N) is 5. The predicted molar refractivity (Wildman–Crippen MR) is 106 cm³/mol. The number of ether oxygens (including phenoxy) is 1. The quantitative estimate of drug-likeness (QED) is 0.705. The van der Waals surface area contributed by atoms with Crippen LogP contribution in [0.3, 0.4) is 0 Å². The van der Waals surface area contributed by atoms with Gasteiger partial charge in [-0.1, -0.05) is 6.07 Å². The molecule has 4 rings (SSSR count). The first-order valence-electron chi connectivity index (χ1n) is 9.10. The zero-order chi connectivity index (χ0) is 19.7. The topological polar surface area (TPSA) is 73.6 Å². The minimum absolute atomic E-state index is 0.381. The molecule has 0 bridgehead atoms. The Morgan fingerprint density at radius 1 is 1.36 bits per heavy atom. The van der Waals surface area contributed by atoms with Gasteiger partial charge in [0.15, 0.2) is 0 Å². The lowest BCUT2D eigenvalue weighted by Crippen LogP contribution is -2.50. The van der Waals surface area contributed by atoms with Gasteiger partial charge in [-0.15, -0.1) is 0 Å². The van der Waals surface area contributed by atoms with Gasteiger partial charge in [-0.05, 0) is 24.6 Å². The fourth-order valence-corrected chi connectivity index (χ4v) is 3.49. The summed E-state index contributed by atoms with van der Waals surface area (Å²) in [5, 5.41) is 0. The highest BCUT2D eigenvalue weighted by Crippen LogP contribution is 2.29. The molecule has 7 nitrogen and oxygen atoms in total. The molecule has 28 heavy (non-hydrogen) atoms. The number of benzene rings is 1. The highest BCUT2D eigenvalue weighted by molar-refractivity contribution is 5.80. The number of methoxy groups -OCH3 is 1. The number of alkyl halides is 1. The van der Waals surface area contributed by atoms with Crippen molar-refractivity contribution in [2.45, 2.75) is 25.2 Å². The zero-order valence-electron chi connectivity index (χ0n) is 15.5. The van der Waals surface area contributed by atoms with Crippen LogP contribution in [0.15, 0.2) is 36.5 Å². The van der Waals surface area contributed by atoms with Crippen molar-refractivity contribution in [3.05, 3.63) is 53.6 Å². The van der Waals surface area contributed by atoms with Crippen molar-refractivity contribution in [1.29, 1.82) is 0 Å². The summed E-state index contributed by atoms with van der Waals surface area (Å²) >= 11 is 0. The van der Waals surface area contributed by atoms with Crippen molar-refractivity contribution in [3.8, 4) is 5.75 Å². The smallest absolute Gasteiger partial charge is 0.206 e. The van der Waals surface area contributed by atoms with E-state index in [-0.39, 0.29) is 0 Å². The second-order valence-corrected chi connectivity index (χ2v) is 6.89. The Kier molecular flexibility index (Phi) is 4.84. The molecule has 8 heteroatoms. The average molecular weight is 380 g/mol. The molecule has 3 heterocycles. The lowest BCUT2D eigenvalue weighted by Gasteiger charge is -2.34. The van der Waals surface area contributed by atoms with E-state index in [2.05, 4.69) is 9.83 Å². The van der Waals surface area contributed by atoms with Crippen molar-refractivity contribution in [2.24, 2.45) is 5.73 Å². The van der Waals surface area contributed by atoms with E-state index in [1.165, 1.54) is 0 Å². The summed E-state index contributed by atoms with van der Waals surface area (Å²) in [6.07, 6.45) is 0.953. The number of imidazole rings is 1. The molecule has 2 N–H and O–H groups in total. The van der Waals surface area contributed by atoms with Crippen LogP contribution in [0.2, 0.25) is 0 Å². The predicted octanol–water partition coefficient (Wildman–Crippen LogP) is 2.91. The van der Waals surface area contributed by atoms with E-state index >= 15 is 0 Å². The van der Waals surface area contributed by atoms with Gasteiger partial charge < -0.3 is 19.9 Å². The maximum absolute atomic E-state index is 13.9. The Hall–Kier alpha value is -3.18. The lowest BCUT2D eigenvalue weighted by molar-refractivity contribution is 0.243. The van der Waals surface area contributed by atoms with Crippen molar-refractivity contribution in [3.63, 3.8) is 0 Å². The number of hydrogen-bond donors (Lipinski definition) is 1. The number of pyridine rings is 1. The number of halogens is 1. The van der Waals surface area contributed by atoms with Gasteiger partial charge in [0.05, 0.1) is 43.0 Å². The molecule has 1 fully saturated rings. The monoisotopic (exact) mass is 380 g/mol. The number of piperidine rings is 1. The van der Waals surface area contributed by atoms with Crippen molar-refractivity contribution < 1.29 is 9.13 Å². The lowest BCUT2D eigenvalue weighted by atomic mass is 10.1. The van der Waals surface area contributed by atoms with Crippen molar-refractivity contribution in [1.82, 2.24) is 14.5 Å². The molecule has 1 aromatic carbocycles. The van der Waals surface area contributed by atoms with Gasteiger partial charge >= 0.3 is 0 Å². The number of anilines is 1. The molecule has 1 aliphatic heterocycles. The van der Waals surface area contributed by atoms with Crippen molar-refractivity contribution >= 4 is 22.7 Å². The first-order valence-corrected chi connectivity index (χ1v) is 9.10. The molecule has 2 atom stereocenters. The maximum atomic E-state index is 13.9. The molecular formula is C20H21FN6O. The Labute approximate surface area is 162 Å². The summed E-state index contributed by atoms with van der Waals surface area (Å²) in [5.41, 5.74) is 9.00. The van der Waals surface area contributed by atoms with Gasteiger partial charge in [0, 0.05) is 25.4 Å². The molecule has 0 amide bonds. The number of nitrogens with two attached hydrogens (primary N) is 1. The molecule has 0 aliphatic carbocycles. The Morgan fingerprint density at radius 3 is 2.89 bits per heavy atom. The summed E-state index contributed by atoms with van der Waals surface area (Å²) in [4.78, 5) is 14.6. The third kappa shape index (κ3) is 3.37. The van der Waals surface area contributed by atoms with Gasteiger partial charge in [0.25, 0.3) is 0 Å². The summed E-state index contributed by atoms with van der Waals surface area (Å²) in [6.45, 7) is 8.51. The minimum atomic E-state index is -0.989.